The predicted octanol–water partition coefficient (Wildman–Crippen LogP) is 4.36. The summed E-state index contributed by atoms with van der Waals surface area (Å²) in [4.78, 5) is 57.4. The van der Waals surface area contributed by atoms with Crippen molar-refractivity contribution >= 4 is 82.2 Å². The minimum absolute atomic E-state index is 0.000658. The van der Waals surface area contributed by atoms with E-state index in [1.165, 1.54) is 36.4 Å². The highest BCUT2D eigenvalue weighted by Gasteiger charge is 2.40. The van der Waals surface area contributed by atoms with Crippen LogP contribution in [0, 0.1) is 0 Å². The summed E-state index contributed by atoms with van der Waals surface area (Å²) < 4.78 is 106. The number of hydrogen-bond donors (Lipinski definition) is 7. The summed E-state index contributed by atoms with van der Waals surface area (Å²) in [6, 6.07) is 24.7. The number of carbonyl (C=O) groups is 4. The molecule has 4 aromatic rings. The Hall–Kier alpha value is -7.75. The number of rotatable bonds is 28. The number of sulfonamides is 2. The lowest BCUT2D eigenvalue weighted by atomic mass is 9.93. The van der Waals surface area contributed by atoms with Crippen LogP contribution < -0.4 is 47.0 Å². The number of nitrogens with one attached hydrogen (secondary N) is 4. The molecule has 0 saturated carbocycles. The molecule has 84 heavy (non-hydrogen) atoms. The first kappa shape index (κ1) is 63.8. The van der Waals surface area contributed by atoms with Crippen molar-refractivity contribution in [3.05, 3.63) is 120 Å². The Labute approximate surface area is 489 Å². The van der Waals surface area contributed by atoms with Crippen LogP contribution in [0.1, 0.15) is 78.2 Å². The van der Waals surface area contributed by atoms with Gasteiger partial charge in [-0.15, -0.1) is 0 Å². The van der Waals surface area contributed by atoms with E-state index in [0.29, 0.717) is 51.9 Å². The number of nitrogens with two attached hydrogens (primary N) is 2. The molecule has 1 unspecified atom stereocenters. The van der Waals surface area contributed by atoms with Gasteiger partial charge in [0.25, 0.3) is 0 Å². The number of guanidine groups is 1. The summed E-state index contributed by atoms with van der Waals surface area (Å²) in [5.41, 5.74) is 14.0. The number of anilines is 2. The summed E-state index contributed by atoms with van der Waals surface area (Å²) in [6.07, 6.45) is 1.32. The highest BCUT2D eigenvalue weighted by atomic mass is 32.2. The van der Waals surface area contributed by atoms with E-state index < -0.39 is 81.8 Å². The Morgan fingerprint density at radius 3 is 2.17 bits per heavy atom. The van der Waals surface area contributed by atoms with Gasteiger partial charge in [0.1, 0.15) is 52.7 Å². The zero-order valence-electron chi connectivity index (χ0n) is 47.2. The van der Waals surface area contributed by atoms with Gasteiger partial charge in [-0.1, -0.05) is 42.8 Å². The maximum Gasteiger partial charge on any atom is 0.326 e. The summed E-state index contributed by atoms with van der Waals surface area (Å²) >= 11 is 0. The Morgan fingerprint density at radius 1 is 0.810 bits per heavy atom. The first-order chi connectivity index (χ1) is 40.0. The number of fused-ring (bicyclic) bond motifs is 2. The lowest BCUT2D eigenvalue weighted by Crippen LogP contribution is -2.51. The standard InChI is InChI=1S/C58H72N10O13S3/c1-5-66(6-2)40-24-27-44-50(35-40)81-51-36-41(67(7-3)8-4)25-28-45(51)54(44)46-29-26-43(37-52(46)84(78,79)80)82(74,75)62-31-14-10-13-19-53(69)64-47(30-32-61-58(59)60)55(70)63-39-22-20-38(21-23-39)34-48(57(72)73)65-56(71)49-18-15-33-68(49)83(76,77)42-16-11-9-12-17-42/h9,11-12,16-17,20-29,35-37,47-49,62H,5-8,10,13-15,18-19,30-34H2,1-4H3,(H8-,59,60,61,63,64,65,69,70,71,72,73,78,79,80)/t47-,48-,49?/m0/s1. The maximum atomic E-state index is 13.7. The van der Waals surface area contributed by atoms with Crippen molar-refractivity contribution in [2.75, 3.05) is 56.0 Å². The van der Waals surface area contributed by atoms with E-state index in [9.17, 15) is 54.1 Å². The van der Waals surface area contributed by atoms with Gasteiger partial charge in [-0.05, 0) is 120 Å². The SMILES string of the molecule is CCN(CC)c1ccc2c(-c3ccc(S(=O)(=O)NCCCCCC(=O)N[C@@H](CCN=C(N)N)C(=O)Nc4ccc(C[C@H](NC(=O)C5CCCN5S(=O)(=O)c5ccccc5)C(=O)O)cc4)cc3S(=O)(=O)[O-])c3ccc(=[N+](CC)CC)cc-3oc2c1. The second-order valence-electron chi connectivity index (χ2n) is 20.1. The number of carboxylic acid groups (broad SMARTS) is 1. The van der Waals surface area contributed by atoms with E-state index in [1.807, 2.05) is 52.0 Å². The molecule has 23 nitrogen and oxygen atoms in total. The molecule has 0 aromatic heterocycles. The monoisotopic (exact) mass is 1210 g/mol. The van der Waals surface area contributed by atoms with Crippen LogP contribution in [0.4, 0.5) is 11.4 Å². The molecule has 0 radical (unpaired) electrons. The average Bonchev–Trinajstić information content (AvgIpc) is 2.33. The molecule has 1 saturated heterocycles. The van der Waals surface area contributed by atoms with Crippen molar-refractivity contribution in [1.29, 1.82) is 0 Å². The van der Waals surface area contributed by atoms with Crippen molar-refractivity contribution < 1.29 is 58.5 Å². The zero-order chi connectivity index (χ0) is 60.9. The molecule has 3 amide bonds. The van der Waals surface area contributed by atoms with Crippen LogP contribution in [-0.4, -0.2) is 133 Å². The lowest BCUT2D eigenvalue weighted by Gasteiger charge is -2.25. The molecule has 3 aliphatic rings. The molecule has 450 valence electrons. The van der Waals surface area contributed by atoms with Crippen LogP contribution >= 0.6 is 0 Å². The van der Waals surface area contributed by atoms with E-state index in [4.69, 9.17) is 15.9 Å². The number of hydrogen-bond acceptors (Lipinski definition) is 14. The van der Waals surface area contributed by atoms with E-state index in [-0.39, 0.29) is 74.6 Å². The Balaban J connectivity index is 0.957. The summed E-state index contributed by atoms with van der Waals surface area (Å²) in [5, 5.41) is 19.3. The quantitative estimate of drug-likeness (QED) is 0.00896. The van der Waals surface area contributed by atoms with E-state index in [1.54, 1.807) is 42.5 Å². The molecule has 9 N–H and O–H groups in total. The molecule has 0 spiro atoms. The molecule has 26 heteroatoms. The van der Waals surface area contributed by atoms with Crippen molar-refractivity contribution in [3.8, 4) is 22.5 Å². The van der Waals surface area contributed by atoms with Crippen LogP contribution in [0.5, 0.6) is 0 Å². The van der Waals surface area contributed by atoms with Crippen molar-refractivity contribution in [2.24, 2.45) is 16.5 Å². The van der Waals surface area contributed by atoms with Crippen LogP contribution in [-0.2, 0) is 55.8 Å². The van der Waals surface area contributed by atoms with Gasteiger partial charge >= 0.3 is 5.97 Å². The number of aliphatic imine (C=N–C) groups is 1. The van der Waals surface area contributed by atoms with Gasteiger partial charge in [0, 0.05) is 91.1 Å². The van der Waals surface area contributed by atoms with Gasteiger partial charge in [-0.2, -0.15) is 4.31 Å². The number of carboxylic acids is 1. The van der Waals surface area contributed by atoms with Crippen LogP contribution in [0.15, 0.2) is 133 Å². The topological polar surface area (TPSA) is 349 Å². The van der Waals surface area contributed by atoms with Crippen LogP contribution in [0.3, 0.4) is 0 Å². The zero-order valence-corrected chi connectivity index (χ0v) is 49.7. The average molecular weight is 1210 g/mol. The number of benzene rings is 5. The third-order valence-corrected chi connectivity index (χ3v) is 18.9. The van der Waals surface area contributed by atoms with E-state index >= 15 is 0 Å². The third kappa shape index (κ3) is 15.7. The summed E-state index contributed by atoms with van der Waals surface area (Å²) in [7, 11) is -13.7. The molecule has 2 heterocycles. The second kappa shape index (κ2) is 28.2. The van der Waals surface area contributed by atoms with Gasteiger partial charge in [0.15, 0.2) is 5.96 Å². The smallest absolute Gasteiger partial charge is 0.326 e. The molecular weight excluding hydrogens is 1140 g/mol. The normalized spacial score (nSPS) is 14.6. The van der Waals surface area contributed by atoms with Gasteiger partial charge < -0.3 is 46.4 Å². The Morgan fingerprint density at radius 2 is 1.51 bits per heavy atom. The van der Waals surface area contributed by atoms with E-state index in [0.717, 1.165) is 47.6 Å². The first-order valence-corrected chi connectivity index (χ1v) is 32.1. The fraction of sp³-hybridized carbons (Fsp3) is 0.379. The minimum atomic E-state index is -5.27. The van der Waals surface area contributed by atoms with Gasteiger partial charge in [-0.3, -0.25) is 19.4 Å². The molecular formula is C58H72N10O13S3. The highest BCUT2D eigenvalue weighted by Crippen LogP contribution is 2.43. The molecule has 2 aliphatic heterocycles. The summed E-state index contributed by atoms with van der Waals surface area (Å²) in [5.74, 6) is -2.98. The number of amides is 3. The molecule has 3 atom stereocenters. The largest absolute Gasteiger partial charge is 0.744 e. The molecule has 4 aromatic carbocycles. The van der Waals surface area contributed by atoms with Crippen LogP contribution in [0.2, 0.25) is 0 Å². The predicted molar refractivity (Wildman–Crippen MR) is 319 cm³/mol. The first-order valence-electron chi connectivity index (χ1n) is 27.8. The number of aliphatic carboxylic acids is 1. The van der Waals surface area contributed by atoms with Gasteiger partial charge in [0.05, 0.1) is 20.8 Å². The van der Waals surface area contributed by atoms with E-state index in [2.05, 4.69) is 35.1 Å². The molecule has 1 aliphatic carbocycles. The Kier molecular flexibility index (Phi) is 21.4. The number of carbonyl (C=O) groups excluding carboxylic acids is 3. The highest BCUT2D eigenvalue weighted by molar-refractivity contribution is 7.89. The van der Waals surface area contributed by atoms with Crippen molar-refractivity contribution in [1.82, 2.24) is 24.2 Å². The second-order valence-corrected chi connectivity index (χ2v) is 25.1. The molecule has 1 fully saturated rings. The number of nitrogens with zero attached hydrogens (tertiary/aromatic N) is 4. The molecule has 0 bridgehead atoms. The Bertz CT molecular complexity index is 3770. The fourth-order valence-electron chi connectivity index (χ4n) is 10.2. The number of unbranched alkanes of at least 4 members (excludes halogenated alkanes) is 2. The third-order valence-electron chi connectivity index (χ3n) is 14.6. The van der Waals surface area contributed by atoms with Gasteiger partial charge in [0.2, 0.25) is 43.1 Å². The van der Waals surface area contributed by atoms with Crippen molar-refractivity contribution in [2.45, 2.75) is 112 Å². The van der Waals surface area contributed by atoms with Gasteiger partial charge in [-0.25, -0.2) is 39.3 Å². The summed E-state index contributed by atoms with van der Waals surface area (Å²) in [6.45, 7) is 11.0. The molecule has 7 rings (SSSR count). The minimum Gasteiger partial charge on any atom is -0.744 e. The lowest BCUT2D eigenvalue weighted by molar-refractivity contribution is -0.142. The fourth-order valence-corrected chi connectivity index (χ4v) is 13.8. The van der Waals surface area contributed by atoms with Crippen molar-refractivity contribution in [3.63, 3.8) is 0 Å². The maximum absolute atomic E-state index is 13.7. The van der Waals surface area contributed by atoms with Crippen LogP contribution in [0.25, 0.3) is 33.4 Å².